The van der Waals surface area contributed by atoms with Gasteiger partial charge in [-0.05, 0) is 24.3 Å². The Morgan fingerprint density at radius 1 is 1.56 bits per heavy atom. The summed E-state index contributed by atoms with van der Waals surface area (Å²) in [6, 6.07) is 5.12. The molecule has 2 heterocycles. The van der Waals surface area contributed by atoms with Gasteiger partial charge in [0.2, 0.25) is 0 Å². The number of nitrogens with one attached hydrogen (secondary N) is 1. The van der Waals surface area contributed by atoms with Gasteiger partial charge in [-0.1, -0.05) is 19.4 Å². The Labute approximate surface area is 103 Å². The summed E-state index contributed by atoms with van der Waals surface area (Å²) in [6.07, 6.45) is 3.82. The van der Waals surface area contributed by atoms with E-state index in [9.17, 15) is 0 Å². The normalized spacial score (nSPS) is 22.4. The van der Waals surface area contributed by atoms with Gasteiger partial charge in [0.15, 0.2) is 0 Å². The van der Waals surface area contributed by atoms with E-state index in [-0.39, 0.29) is 0 Å². The molecule has 0 radical (unpaired) electrons. The van der Waals surface area contributed by atoms with E-state index in [1.54, 1.807) is 0 Å². The van der Waals surface area contributed by atoms with Crippen molar-refractivity contribution in [1.29, 1.82) is 0 Å². The van der Waals surface area contributed by atoms with Crippen molar-refractivity contribution in [3.63, 3.8) is 0 Å². The largest absolute Gasteiger partial charge is 0.311 e. The molecule has 1 aromatic rings. The first kappa shape index (κ1) is 12.1. The van der Waals surface area contributed by atoms with Crippen LogP contribution in [0.3, 0.4) is 0 Å². The average molecular weight is 238 g/mol. The first-order valence-corrected chi connectivity index (χ1v) is 7.24. The highest BCUT2D eigenvalue weighted by Gasteiger charge is 2.17. The molecule has 90 valence electrons. The van der Waals surface area contributed by atoms with Crippen molar-refractivity contribution >= 4 is 11.3 Å². The van der Waals surface area contributed by atoms with Crippen LogP contribution in [0.25, 0.3) is 0 Å². The molecular formula is C13H22N2S. The summed E-state index contributed by atoms with van der Waals surface area (Å²) in [5.74, 6) is 0. The van der Waals surface area contributed by atoms with Crippen LogP contribution in [-0.2, 0) is 6.42 Å². The number of hydrogen-bond donors (Lipinski definition) is 1. The predicted octanol–water partition coefficient (Wildman–Crippen LogP) is 2.36. The molecule has 1 aromatic heterocycles. The maximum Gasteiger partial charge on any atom is 0.0195 e. The van der Waals surface area contributed by atoms with Crippen molar-refractivity contribution in [2.24, 2.45) is 0 Å². The average Bonchev–Trinajstić information content (AvgIpc) is 2.80. The highest BCUT2D eigenvalue weighted by atomic mass is 32.1. The van der Waals surface area contributed by atoms with E-state index in [2.05, 4.69) is 34.7 Å². The molecule has 2 rings (SSSR count). The second-order valence-corrected chi connectivity index (χ2v) is 5.60. The van der Waals surface area contributed by atoms with Crippen LogP contribution >= 0.6 is 11.3 Å². The van der Waals surface area contributed by atoms with Crippen LogP contribution in [-0.4, -0.2) is 37.1 Å². The molecule has 0 amide bonds. The Balaban J connectivity index is 1.72. The lowest BCUT2D eigenvalue weighted by atomic mass is 10.1. The van der Waals surface area contributed by atoms with E-state index in [1.165, 1.54) is 43.8 Å². The Hall–Kier alpha value is -0.380. The molecule has 2 nitrogen and oxygen atoms in total. The zero-order chi connectivity index (χ0) is 11.2. The Morgan fingerprint density at radius 3 is 3.25 bits per heavy atom. The highest BCUT2D eigenvalue weighted by molar-refractivity contribution is 7.09. The van der Waals surface area contributed by atoms with Crippen LogP contribution in [0.4, 0.5) is 0 Å². The van der Waals surface area contributed by atoms with Crippen LogP contribution in [0, 0.1) is 0 Å². The molecule has 3 heteroatoms. The van der Waals surface area contributed by atoms with Gasteiger partial charge < -0.3 is 10.2 Å². The van der Waals surface area contributed by atoms with Gasteiger partial charge in [-0.3, -0.25) is 0 Å². The SMILES string of the molecule is CCCC1CN(CCc2cccs2)CCN1. The first-order chi connectivity index (χ1) is 7.88. The molecule has 0 bridgehead atoms. The fourth-order valence-electron chi connectivity index (χ4n) is 2.36. The Kier molecular flexibility index (Phi) is 4.82. The van der Waals surface area contributed by atoms with Crippen molar-refractivity contribution in [2.75, 3.05) is 26.2 Å². The van der Waals surface area contributed by atoms with E-state index >= 15 is 0 Å². The van der Waals surface area contributed by atoms with Crippen molar-refractivity contribution in [1.82, 2.24) is 10.2 Å². The Morgan fingerprint density at radius 2 is 2.50 bits per heavy atom. The molecule has 1 unspecified atom stereocenters. The van der Waals surface area contributed by atoms with Gasteiger partial charge in [0.25, 0.3) is 0 Å². The van der Waals surface area contributed by atoms with Crippen molar-refractivity contribution in [3.05, 3.63) is 22.4 Å². The van der Waals surface area contributed by atoms with Crippen LogP contribution in [0.5, 0.6) is 0 Å². The van der Waals surface area contributed by atoms with Crippen LogP contribution in [0.2, 0.25) is 0 Å². The van der Waals surface area contributed by atoms with Crippen LogP contribution < -0.4 is 5.32 Å². The zero-order valence-electron chi connectivity index (χ0n) is 10.1. The predicted molar refractivity (Wildman–Crippen MR) is 71.2 cm³/mol. The molecule has 1 atom stereocenters. The number of piperazine rings is 1. The van der Waals surface area contributed by atoms with E-state index in [0.717, 1.165) is 12.6 Å². The maximum atomic E-state index is 3.60. The summed E-state index contributed by atoms with van der Waals surface area (Å²) in [4.78, 5) is 4.13. The van der Waals surface area contributed by atoms with Crippen molar-refractivity contribution in [2.45, 2.75) is 32.2 Å². The molecule has 0 aliphatic carbocycles. The van der Waals surface area contributed by atoms with Gasteiger partial charge in [-0.15, -0.1) is 11.3 Å². The van der Waals surface area contributed by atoms with E-state index in [1.807, 2.05) is 11.3 Å². The monoisotopic (exact) mass is 238 g/mol. The molecule has 0 aromatic carbocycles. The number of rotatable bonds is 5. The first-order valence-electron chi connectivity index (χ1n) is 6.36. The number of nitrogens with zero attached hydrogens (tertiary/aromatic N) is 1. The lowest BCUT2D eigenvalue weighted by Gasteiger charge is -2.33. The number of hydrogen-bond acceptors (Lipinski definition) is 3. The fraction of sp³-hybridized carbons (Fsp3) is 0.692. The fourth-order valence-corrected chi connectivity index (χ4v) is 3.06. The van der Waals surface area contributed by atoms with Gasteiger partial charge in [0.05, 0.1) is 0 Å². The smallest absolute Gasteiger partial charge is 0.0195 e. The minimum atomic E-state index is 0.724. The third kappa shape index (κ3) is 3.58. The van der Waals surface area contributed by atoms with Crippen molar-refractivity contribution in [3.8, 4) is 0 Å². The van der Waals surface area contributed by atoms with E-state index < -0.39 is 0 Å². The summed E-state index contributed by atoms with van der Waals surface area (Å²) < 4.78 is 0. The van der Waals surface area contributed by atoms with Crippen LogP contribution in [0.15, 0.2) is 17.5 Å². The lowest BCUT2D eigenvalue weighted by Crippen LogP contribution is -2.50. The summed E-state index contributed by atoms with van der Waals surface area (Å²) in [6.45, 7) is 7.11. The molecule has 16 heavy (non-hydrogen) atoms. The molecule has 1 saturated heterocycles. The summed E-state index contributed by atoms with van der Waals surface area (Å²) >= 11 is 1.88. The lowest BCUT2D eigenvalue weighted by molar-refractivity contribution is 0.196. The van der Waals surface area contributed by atoms with Crippen molar-refractivity contribution < 1.29 is 0 Å². The molecule has 0 spiro atoms. The van der Waals surface area contributed by atoms with Gasteiger partial charge in [0.1, 0.15) is 0 Å². The molecule has 1 aliphatic heterocycles. The quantitative estimate of drug-likeness (QED) is 0.847. The highest BCUT2D eigenvalue weighted by Crippen LogP contribution is 2.11. The van der Waals surface area contributed by atoms with Gasteiger partial charge in [-0.2, -0.15) is 0 Å². The second-order valence-electron chi connectivity index (χ2n) is 4.57. The number of thiophene rings is 1. The molecule has 1 fully saturated rings. The summed E-state index contributed by atoms with van der Waals surface area (Å²) in [7, 11) is 0. The van der Waals surface area contributed by atoms with Gasteiger partial charge >= 0.3 is 0 Å². The van der Waals surface area contributed by atoms with Gasteiger partial charge in [0, 0.05) is 37.1 Å². The minimum Gasteiger partial charge on any atom is -0.311 e. The third-order valence-corrected chi connectivity index (χ3v) is 4.17. The third-order valence-electron chi connectivity index (χ3n) is 3.23. The molecular weight excluding hydrogens is 216 g/mol. The van der Waals surface area contributed by atoms with E-state index in [4.69, 9.17) is 0 Å². The second kappa shape index (κ2) is 6.38. The standard InChI is InChI=1S/C13H22N2S/c1-2-4-12-11-15(9-7-14-12)8-6-13-5-3-10-16-13/h3,5,10,12,14H,2,4,6-9,11H2,1H3. The molecule has 1 aliphatic rings. The van der Waals surface area contributed by atoms with Gasteiger partial charge in [-0.25, -0.2) is 0 Å². The minimum absolute atomic E-state index is 0.724. The van der Waals surface area contributed by atoms with Crippen LogP contribution in [0.1, 0.15) is 24.6 Å². The molecule has 0 saturated carbocycles. The topological polar surface area (TPSA) is 15.3 Å². The van der Waals surface area contributed by atoms with E-state index in [0.29, 0.717) is 0 Å². The summed E-state index contributed by atoms with van der Waals surface area (Å²) in [5.41, 5.74) is 0. The molecule has 1 N–H and O–H groups in total. The Bertz CT molecular complexity index is 282. The summed E-state index contributed by atoms with van der Waals surface area (Å²) in [5, 5.41) is 5.78. The zero-order valence-corrected chi connectivity index (χ0v) is 10.9. The maximum absolute atomic E-state index is 3.60.